The van der Waals surface area contributed by atoms with E-state index in [-0.39, 0.29) is 36.2 Å². The van der Waals surface area contributed by atoms with Crippen LogP contribution in [0.15, 0.2) is 47.5 Å². The van der Waals surface area contributed by atoms with Crippen LogP contribution in [0, 0.1) is 5.82 Å². The highest BCUT2D eigenvalue weighted by Crippen LogP contribution is 2.40. The van der Waals surface area contributed by atoms with E-state index in [2.05, 4.69) is 0 Å². The third kappa shape index (κ3) is 3.22. The van der Waals surface area contributed by atoms with Gasteiger partial charge in [-0.15, -0.1) is 0 Å². The van der Waals surface area contributed by atoms with Crippen molar-refractivity contribution < 1.29 is 22.3 Å². The van der Waals surface area contributed by atoms with E-state index in [1.807, 2.05) is 23.1 Å². The summed E-state index contributed by atoms with van der Waals surface area (Å²) >= 11 is 1.52. The van der Waals surface area contributed by atoms with Crippen molar-refractivity contribution >= 4 is 32.5 Å². The summed E-state index contributed by atoms with van der Waals surface area (Å²) in [6, 6.07) is 11.5. The van der Waals surface area contributed by atoms with E-state index in [0.717, 1.165) is 16.4 Å². The van der Waals surface area contributed by atoms with E-state index in [4.69, 9.17) is 14.5 Å². The van der Waals surface area contributed by atoms with Gasteiger partial charge in [0, 0.05) is 17.5 Å². The quantitative estimate of drug-likeness (QED) is 0.761. The number of fused-ring (bicyclic) bond motifs is 2. The fourth-order valence-electron chi connectivity index (χ4n) is 3.70. The van der Waals surface area contributed by atoms with E-state index in [0.29, 0.717) is 17.3 Å². The summed E-state index contributed by atoms with van der Waals surface area (Å²) in [4.78, 5) is 6.70. The number of amidine groups is 1. The maximum atomic E-state index is 13.1. The molecule has 0 spiro atoms. The van der Waals surface area contributed by atoms with E-state index in [1.54, 1.807) is 12.1 Å². The van der Waals surface area contributed by atoms with Gasteiger partial charge in [0.1, 0.15) is 5.82 Å². The van der Waals surface area contributed by atoms with Crippen LogP contribution in [0.1, 0.15) is 5.56 Å². The van der Waals surface area contributed by atoms with Crippen LogP contribution >= 0.6 is 11.8 Å². The van der Waals surface area contributed by atoms with Gasteiger partial charge in [-0.2, -0.15) is 0 Å². The summed E-state index contributed by atoms with van der Waals surface area (Å²) in [5.41, 5.74) is 1.81. The van der Waals surface area contributed by atoms with Crippen molar-refractivity contribution in [1.29, 1.82) is 0 Å². The zero-order chi connectivity index (χ0) is 19.3. The summed E-state index contributed by atoms with van der Waals surface area (Å²) in [6.45, 7) is 0.180. The van der Waals surface area contributed by atoms with E-state index >= 15 is 0 Å². The second kappa shape index (κ2) is 6.66. The van der Waals surface area contributed by atoms with E-state index in [9.17, 15) is 12.8 Å². The highest BCUT2D eigenvalue weighted by atomic mass is 32.2. The van der Waals surface area contributed by atoms with Gasteiger partial charge in [0.05, 0.1) is 23.6 Å². The summed E-state index contributed by atoms with van der Waals surface area (Å²) in [7, 11) is -3.11. The molecule has 5 rings (SSSR count). The number of benzene rings is 2. The average molecular weight is 420 g/mol. The molecule has 6 nitrogen and oxygen atoms in total. The van der Waals surface area contributed by atoms with Crippen LogP contribution in [0.25, 0.3) is 0 Å². The molecule has 9 heteroatoms. The molecular weight excluding hydrogens is 403 g/mol. The second-order valence-corrected chi connectivity index (χ2v) is 10.0. The predicted octanol–water partition coefficient (Wildman–Crippen LogP) is 2.83. The monoisotopic (exact) mass is 420 g/mol. The highest BCUT2D eigenvalue weighted by molar-refractivity contribution is 8.13. The molecule has 0 amide bonds. The molecule has 3 heterocycles. The maximum Gasteiger partial charge on any atom is 0.231 e. The fourth-order valence-corrected chi connectivity index (χ4v) is 6.62. The molecular formula is C19H17FN2O4S2. The van der Waals surface area contributed by atoms with Crippen molar-refractivity contribution in [2.24, 2.45) is 4.99 Å². The fraction of sp³-hybridized carbons (Fsp3) is 0.316. The Hall–Kier alpha value is -2.26. The summed E-state index contributed by atoms with van der Waals surface area (Å²) in [6.07, 6.45) is 0. The number of anilines is 1. The Balaban J connectivity index is 1.44. The first-order valence-electron chi connectivity index (χ1n) is 8.83. The van der Waals surface area contributed by atoms with Gasteiger partial charge in [-0.1, -0.05) is 23.9 Å². The Kier molecular flexibility index (Phi) is 4.24. The molecule has 1 fully saturated rings. The number of halogens is 1. The second-order valence-electron chi connectivity index (χ2n) is 6.95. The normalized spacial score (nSPS) is 24.3. The summed E-state index contributed by atoms with van der Waals surface area (Å²) in [5, 5.41) is 0.771. The van der Waals surface area contributed by atoms with Gasteiger partial charge >= 0.3 is 0 Å². The smallest absolute Gasteiger partial charge is 0.231 e. The molecule has 0 radical (unpaired) electrons. The molecule has 3 aliphatic heterocycles. The van der Waals surface area contributed by atoms with Crippen LogP contribution in [0.3, 0.4) is 0 Å². The van der Waals surface area contributed by atoms with E-state index in [1.165, 1.54) is 23.9 Å². The Labute approximate surface area is 166 Å². The SMILES string of the molecule is O=S1(=O)C[C@H]2N=C(SCc3ccc(F)cc3)N(c3ccc4c(c3)OCO4)[C@H]2C1. The number of sulfone groups is 1. The molecule has 0 saturated carbocycles. The van der Waals surface area contributed by atoms with Gasteiger partial charge in [0.25, 0.3) is 0 Å². The van der Waals surface area contributed by atoms with Crippen molar-refractivity contribution in [3.8, 4) is 11.5 Å². The third-order valence-electron chi connectivity index (χ3n) is 5.02. The van der Waals surface area contributed by atoms with Gasteiger partial charge in [-0.05, 0) is 29.8 Å². The van der Waals surface area contributed by atoms with Gasteiger partial charge in [-0.25, -0.2) is 12.8 Å². The molecule has 2 aromatic rings. The first kappa shape index (κ1) is 17.8. The lowest BCUT2D eigenvalue weighted by Crippen LogP contribution is -2.39. The molecule has 1 saturated heterocycles. The van der Waals surface area contributed by atoms with Crippen LogP contribution in [-0.2, 0) is 15.6 Å². The van der Waals surface area contributed by atoms with Crippen LogP contribution in [0.4, 0.5) is 10.1 Å². The minimum atomic E-state index is -3.11. The van der Waals surface area contributed by atoms with Gasteiger partial charge in [0.2, 0.25) is 6.79 Å². The largest absolute Gasteiger partial charge is 0.454 e. The van der Waals surface area contributed by atoms with Crippen LogP contribution in [-0.4, -0.2) is 44.0 Å². The van der Waals surface area contributed by atoms with Crippen molar-refractivity contribution in [1.82, 2.24) is 0 Å². The zero-order valence-electron chi connectivity index (χ0n) is 14.7. The van der Waals surface area contributed by atoms with Gasteiger partial charge in [-0.3, -0.25) is 4.99 Å². The van der Waals surface area contributed by atoms with Crippen LogP contribution in [0.5, 0.6) is 11.5 Å². The lowest BCUT2D eigenvalue weighted by molar-refractivity contribution is 0.174. The predicted molar refractivity (Wildman–Crippen MR) is 106 cm³/mol. The Morgan fingerprint density at radius 1 is 1.11 bits per heavy atom. The maximum absolute atomic E-state index is 13.1. The van der Waals surface area contributed by atoms with Crippen LogP contribution in [0.2, 0.25) is 0 Å². The molecule has 3 aliphatic rings. The van der Waals surface area contributed by atoms with Crippen molar-refractivity contribution in [3.05, 3.63) is 53.8 Å². The standard InChI is InChI=1S/C19H17FN2O4S2/c20-13-3-1-12(2-4-13)8-27-19-21-15-9-28(23,24)10-16(15)22(19)14-5-6-17-18(7-14)26-11-25-17/h1-7,15-16H,8-11H2/t15-,16+/m1/s1. The molecule has 2 aromatic carbocycles. The van der Waals surface area contributed by atoms with Gasteiger partial charge in [0.15, 0.2) is 26.5 Å². The third-order valence-corrected chi connectivity index (χ3v) is 7.76. The first-order valence-corrected chi connectivity index (χ1v) is 11.6. The lowest BCUT2D eigenvalue weighted by Gasteiger charge is -2.26. The molecule has 146 valence electrons. The molecule has 2 atom stereocenters. The highest BCUT2D eigenvalue weighted by Gasteiger charge is 2.47. The topological polar surface area (TPSA) is 68.2 Å². The van der Waals surface area contributed by atoms with Crippen molar-refractivity contribution in [2.75, 3.05) is 23.2 Å². The molecule has 0 N–H and O–H groups in total. The first-order chi connectivity index (χ1) is 13.5. The minimum absolute atomic E-state index is 0.0688. The molecule has 0 unspecified atom stereocenters. The van der Waals surface area contributed by atoms with Crippen LogP contribution < -0.4 is 14.4 Å². The summed E-state index contributed by atoms with van der Waals surface area (Å²) in [5.74, 6) is 1.82. The number of hydrogen-bond acceptors (Lipinski definition) is 7. The minimum Gasteiger partial charge on any atom is -0.454 e. The average Bonchev–Trinajstić information content (AvgIpc) is 3.32. The number of ether oxygens (including phenoxy) is 2. The van der Waals surface area contributed by atoms with Crippen molar-refractivity contribution in [3.63, 3.8) is 0 Å². The lowest BCUT2D eigenvalue weighted by atomic mass is 10.1. The number of thioether (sulfide) groups is 1. The molecule has 0 aromatic heterocycles. The van der Waals surface area contributed by atoms with Gasteiger partial charge < -0.3 is 14.4 Å². The molecule has 0 aliphatic carbocycles. The number of hydrogen-bond donors (Lipinski definition) is 0. The number of rotatable bonds is 3. The Morgan fingerprint density at radius 2 is 1.89 bits per heavy atom. The zero-order valence-corrected chi connectivity index (χ0v) is 16.4. The molecule has 28 heavy (non-hydrogen) atoms. The van der Waals surface area contributed by atoms with E-state index < -0.39 is 9.84 Å². The number of nitrogens with zero attached hydrogens (tertiary/aromatic N) is 2. The Morgan fingerprint density at radius 3 is 2.71 bits per heavy atom. The van der Waals surface area contributed by atoms with Crippen molar-refractivity contribution in [2.45, 2.75) is 17.8 Å². The molecule has 0 bridgehead atoms. The Bertz CT molecular complexity index is 1060. The number of aliphatic imine (C=N–C) groups is 1. The summed E-state index contributed by atoms with van der Waals surface area (Å²) < 4.78 is 48.3.